The van der Waals surface area contributed by atoms with E-state index >= 15 is 0 Å². The van der Waals surface area contributed by atoms with Gasteiger partial charge in [0.1, 0.15) is 5.82 Å². The molecule has 2 nitrogen and oxygen atoms in total. The highest BCUT2D eigenvalue weighted by atomic mass is 19.4. The van der Waals surface area contributed by atoms with Gasteiger partial charge in [-0.15, -0.1) is 0 Å². The smallest absolute Gasteiger partial charge is 0.385 e. The lowest BCUT2D eigenvalue weighted by atomic mass is 10.1. The van der Waals surface area contributed by atoms with E-state index in [0.29, 0.717) is 11.4 Å². The molecular formula is C12H11F3N2. The summed E-state index contributed by atoms with van der Waals surface area (Å²) in [5, 5.41) is 0. The zero-order valence-corrected chi connectivity index (χ0v) is 9.12. The number of alkyl halides is 3. The van der Waals surface area contributed by atoms with Gasteiger partial charge < -0.3 is 10.3 Å². The molecule has 2 N–H and O–H groups in total. The Morgan fingerprint density at radius 2 is 1.65 bits per heavy atom. The molecule has 0 aliphatic rings. The molecule has 0 amide bonds. The zero-order valence-electron chi connectivity index (χ0n) is 9.12. The summed E-state index contributed by atoms with van der Waals surface area (Å²) in [5.74, 6) is 0.569. The van der Waals surface area contributed by atoms with Crippen molar-refractivity contribution in [2.75, 3.05) is 5.73 Å². The third-order valence-corrected chi connectivity index (χ3v) is 2.59. The van der Waals surface area contributed by atoms with Crippen LogP contribution in [0.1, 0.15) is 5.56 Å². The molecular weight excluding hydrogens is 229 g/mol. The van der Waals surface area contributed by atoms with E-state index in [-0.39, 0.29) is 0 Å². The van der Waals surface area contributed by atoms with Crippen molar-refractivity contribution in [3.63, 3.8) is 0 Å². The third kappa shape index (κ3) is 2.27. The second-order valence-corrected chi connectivity index (χ2v) is 3.84. The number of anilines is 1. The molecule has 0 aliphatic heterocycles. The molecule has 0 fully saturated rings. The number of nitrogens with two attached hydrogens (primary N) is 1. The minimum atomic E-state index is -4.30. The number of aryl methyl sites for hydroxylation is 1. The van der Waals surface area contributed by atoms with Gasteiger partial charge in [-0.1, -0.05) is 12.1 Å². The van der Waals surface area contributed by atoms with Crippen molar-refractivity contribution in [3.8, 4) is 11.1 Å². The maximum absolute atomic E-state index is 12.4. The summed E-state index contributed by atoms with van der Waals surface area (Å²) in [5.41, 5.74) is 6.53. The second-order valence-electron chi connectivity index (χ2n) is 3.84. The number of halogens is 3. The van der Waals surface area contributed by atoms with E-state index in [2.05, 4.69) is 0 Å². The van der Waals surface area contributed by atoms with Gasteiger partial charge in [0.2, 0.25) is 0 Å². The highest BCUT2D eigenvalue weighted by Gasteiger charge is 2.29. The van der Waals surface area contributed by atoms with Crippen LogP contribution in [0.15, 0.2) is 36.5 Å². The van der Waals surface area contributed by atoms with E-state index in [0.717, 1.165) is 17.7 Å². The number of nitrogen functional groups attached to an aromatic ring is 1. The van der Waals surface area contributed by atoms with Crippen molar-refractivity contribution in [1.82, 2.24) is 4.57 Å². The molecule has 0 atom stereocenters. The molecule has 0 spiro atoms. The van der Waals surface area contributed by atoms with Crippen LogP contribution in [0.25, 0.3) is 11.1 Å². The zero-order chi connectivity index (χ0) is 12.6. The van der Waals surface area contributed by atoms with Gasteiger partial charge in [0.25, 0.3) is 0 Å². The minimum absolute atomic E-state index is 0.569. The summed E-state index contributed by atoms with van der Waals surface area (Å²) in [6.07, 6.45) is -2.52. The first kappa shape index (κ1) is 11.6. The third-order valence-electron chi connectivity index (χ3n) is 2.59. The average molecular weight is 240 g/mol. The van der Waals surface area contributed by atoms with Crippen molar-refractivity contribution < 1.29 is 13.2 Å². The molecule has 1 aromatic carbocycles. The van der Waals surface area contributed by atoms with Crippen molar-refractivity contribution in [2.45, 2.75) is 6.18 Å². The van der Waals surface area contributed by atoms with Crippen LogP contribution < -0.4 is 5.73 Å². The summed E-state index contributed by atoms with van der Waals surface area (Å²) in [6, 6.07) is 6.74. The molecule has 0 saturated carbocycles. The Hall–Kier alpha value is -1.91. The summed E-state index contributed by atoms with van der Waals surface area (Å²) in [7, 11) is 1.78. The van der Waals surface area contributed by atoms with Crippen LogP contribution in [-0.2, 0) is 13.2 Å². The molecule has 0 aliphatic carbocycles. The van der Waals surface area contributed by atoms with Gasteiger partial charge in [-0.25, -0.2) is 0 Å². The number of nitrogens with zero attached hydrogens (tertiary/aromatic N) is 1. The molecule has 2 aromatic rings. The van der Waals surface area contributed by atoms with Gasteiger partial charge in [-0.3, -0.25) is 0 Å². The Morgan fingerprint density at radius 1 is 1.06 bits per heavy atom. The van der Waals surface area contributed by atoms with Crippen molar-refractivity contribution in [1.29, 1.82) is 0 Å². The fourth-order valence-corrected chi connectivity index (χ4v) is 1.59. The monoisotopic (exact) mass is 240 g/mol. The first-order valence-corrected chi connectivity index (χ1v) is 4.97. The molecule has 2 rings (SSSR count). The minimum Gasteiger partial charge on any atom is -0.385 e. The van der Waals surface area contributed by atoms with E-state index in [1.807, 2.05) is 0 Å². The van der Waals surface area contributed by atoms with E-state index in [1.54, 1.807) is 23.9 Å². The predicted octanol–water partition coefficient (Wildman–Crippen LogP) is 3.29. The molecule has 0 bridgehead atoms. The highest BCUT2D eigenvalue weighted by Crippen LogP contribution is 2.31. The lowest BCUT2D eigenvalue weighted by molar-refractivity contribution is -0.137. The molecule has 0 radical (unpaired) electrons. The maximum Gasteiger partial charge on any atom is 0.416 e. The van der Waals surface area contributed by atoms with E-state index in [4.69, 9.17) is 5.73 Å². The molecule has 1 aromatic heterocycles. The van der Waals surface area contributed by atoms with Crippen LogP contribution in [0.3, 0.4) is 0 Å². The van der Waals surface area contributed by atoms with Gasteiger partial charge in [-0.2, -0.15) is 13.2 Å². The molecule has 5 heteroatoms. The summed E-state index contributed by atoms with van der Waals surface area (Å²) >= 11 is 0. The van der Waals surface area contributed by atoms with E-state index in [1.165, 1.54) is 12.1 Å². The van der Waals surface area contributed by atoms with Gasteiger partial charge in [0, 0.05) is 18.8 Å². The molecule has 1 heterocycles. The number of hydrogen-bond donors (Lipinski definition) is 1. The standard InChI is InChI=1S/C12H11F3N2/c1-17-7-9(6-11(17)16)8-2-4-10(5-3-8)12(13,14)15/h2-7H,16H2,1H3. The normalized spacial score (nSPS) is 11.8. The van der Waals surface area contributed by atoms with Crippen LogP contribution in [0.5, 0.6) is 0 Å². The van der Waals surface area contributed by atoms with Crippen molar-refractivity contribution in [3.05, 3.63) is 42.1 Å². The van der Waals surface area contributed by atoms with Crippen molar-refractivity contribution >= 4 is 5.82 Å². The van der Waals surface area contributed by atoms with Crippen LogP contribution >= 0.6 is 0 Å². The number of rotatable bonds is 1. The quantitative estimate of drug-likeness (QED) is 0.814. The van der Waals surface area contributed by atoms with Gasteiger partial charge >= 0.3 is 6.18 Å². The molecule has 90 valence electrons. The van der Waals surface area contributed by atoms with Crippen LogP contribution in [0.2, 0.25) is 0 Å². The SMILES string of the molecule is Cn1cc(-c2ccc(C(F)(F)F)cc2)cc1N. The predicted molar refractivity (Wildman–Crippen MR) is 60.3 cm³/mol. The number of hydrogen-bond acceptors (Lipinski definition) is 1. The van der Waals surface area contributed by atoms with E-state index in [9.17, 15) is 13.2 Å². The first-order chi connectivity index (χ1) is 7.88. The Kier molecular flexibility index (Phi) is 2.61. The second kappa shape index (κ2) is 3.84. The lowest BCUT2D eigenvalue weighted by Crippen LogP contribution is -2.03. The highest BCUT2D eigenvalue weighted by molar-refractivity contribution is 5.67. The largest absolute Gasteiger partial charge is 0.416 e. The molecule has 0 unspecified atom stereocenters. The Labute approximate surface area is 96.5 Å². The summed E-state index contributed by atoms with van der Waals surface area (Å²) < 4.78 is 38.8. The fraction of sp³-hybridized carbons (Fsp3) is 0.167. The Morgan fingerprint density at radius 3 is 2.06 bits per heavy atom. The molecule has 17 heavy (non-hydrogen) atoms. The average Bonchev–Trinajstić information content (AvgIpc) is 2.58. The fourth-order valence-electron chi connectivity index (χ4n) is 1.59. The molecule has 0 saturated heterocycles. The Balaban J connectivity index is 2.36. The van der Waals surface area contributed by atoms with Gasteiger partial charge in [0.15, 0.2) is 0 Å². The van der Waals surface area contributed by atoms with Gasteiger partial charge in [0.05, 0.1) is 5.56 Å². The number of aromatic nitrogens is 1. The summed E-state index contributed by atoms with van der Waals surface area (Å²) in [6.45, 7) is 0. The van der Waals surface area contributed by atoms with Crippen LogP contribution in [-0.4, -0.2) is 4.57 Å². The summed E-state index contributed by atoms with van der Waals surface area (Å²) in [4.78, 5) is 0. The number of benzene rings is 1. The van der Waals surface area contributed by atoms with Crippen molar-refractivity contribution in [2.24, 2.45) is 7.05 Å². The Bertz CT molecular complexity index is 504. The van der Waals surface area contributed by atoms with Crippen LogP contribution in [0, 0.1) is 0 Å². The lowest BCUT2D eigenvalue weighted by Gasteiger charge is -2.06. The van der Waals surface area contributed by atoms with Gasteiger partial charge in [-0.05, 0) is 23.8 Å². The topological polar surface area (TPSA) is 30.9 Å². The van der Waals surface area contributed by atoms with Crippen LogP contribution in [0.4, 0.5) is 19.0 Å². The van der Waals surface area contributed by atoms with E-state index < -0.39 is 11.7 Å². The maximum atomic E-state index is 12.4. The first-order valence-electron chi connectivity index (χ1n) is 4.97.